The van der Waals surface area contributed by atoms with Gasteiger partial charge in [0.15, 0.2) is 17.3 Å². The topological polar surface area (TPSA) is 59.4 Å². The number of ketones is 1. The highest BCUT2D eigenvalue weighted by Crippen LogP contribution is 2.33. The molecule has 0 aliphatic rings. The fourth-order valence-corrected chi connectivity index (χ4v) is 2.08. The molecule has 0 spiro atoms. The summed E-state index contributed by atoms with van der Waals surface area (Å²) < 4.78 is 5.72. The van der Waals surface area contributed by atoms with Gasteiger partial charge in [0, 0.05) is 22.4 Å². The number of hydrogen-bond acceptors (Lipinski definition) is 4. The van der Waals surface area contributed by atoms with Gasteiger partial charge in [-0.05, 0) is 42.0 Å². The summed E-state index contributed by atoms with van der Waals surface area (Å²) in [4.78, 5) is 15.8. The standard InChI is InChI=1S/C15H12BrNO3/c1-20-15-8-12(16)10(7-14(15)19)4-5-13(18)11-3-2-6-17-9-11/h2-9,19H,1H3/b5-4+. The van der Waals surface area contributed by atoms with Crippen LogP contribution in [0.3, 0.4) is 0 Å². The molecule has 102 valence electrons. The normalized spacial score (nSPS) is 10.7. The Hall–Kier alpha value is -2.14. The van der Waals surface area contributed by atoms with Crippen LogP contribution < -0.4 is 4.74 Å². The maximum atomic E-state index is 11.9. The molecular formula is C15H12BrNO3. The van der Waals surface area contributed by atoms with Crippen molar-refractivity contribution in [1.82, 2.24) is 4.98 Å². The number of phenolic OH excluding ortho intramolecular Hbond substituents is 1. The monoisotopic (exact) mass is 333 g/mol. The zero-order valence-electron chi connectivity index (χ0n) is 10.7. The fraction of sp³-hybridized carbons (Fsp3) is 0.0667. The second-order valence-electron chi connectivity index (χ2n) is 3.98. The van der Waals surface area contributed by atoms with Crippen molar-refractivity contribution >= 4 is 27.8 Å². The molecule has 1 heterocycles. The number of rotatable bonds is 4. The largest absolute Gasteiger partial charge is 0.504 e. The van der Waals surface area contributed by atoms with Crippen LogP contribution in [0.1, 0.15) is 15.9 Å². The van der Waals surface area contributed by atoms with Gasteiger partial charge in [0.2, 0.25) is 0 Å². The van der Waals surface area contributed by atoms with Gasteiger partial charge in [-0.25, -0.2) is 0 Å². The van der Waals surface area contributed by atoms with Crippen LogP contribution in [0, 0.1) is 0 Å². The predicted octanol–water partition coefficient (Wildman–Crippen LogP) is 3.45. The molecule has 1 aromatic heterocycles. The van der Waals surface area contributed by atoms with Crippen LogP contribution >= 0.6 is 15.9 Å². The molecule has 0 radical (unpaired) electrons. The number of halogens is 1. The SMILES string of the molecule is COc1cc(Br)c(/C=C/C(=O)c2cccnc2)cc1O. The zero-order valence-corrected chi connectivity index (χ0v) is 12.3. The number of aromatic hydroxyl groups is 1. The lowest BCUT2D eigenvalue weighted by atomic mass is 10.1. The van der Waals surface area contributed by atoms with Crippen LogP contribution in [0.25, 0.3) is 6.08 Å². The van der Waals surface area contributed by atoms with Crippen molar-refractivity contribution in [1.29, 1.82) is 0 Å². The van der Waals surface area contributed by atoms with E-state index in [1.165, 1.54) is 25.4 Å². The minimum absolute atomic E-state index is 0.0178. The number of carbonyl (C=O) groups excluding carboxylic acids is 1. The van der Waals surface area contributed by atoms with Crippen molar-refractivity contribution in [2.24, 2.45) is 0 Å². The van der Waals surface area contributed by atoms with E-state index in [9.17, 15) is 9.90 Å². The summed E-state index contributed by atoms with van der Waals surface area (Å²) in [5.74, 6) is 0.233. The number of aromatic nitrogens is 1. The first kappa shape index (κ1) is 14.3. The highest BCUT2D eigenvalue weighted by atomic mass is 79.9. The first-order chi connectivity index (χ1) is 9.61. The molecule has 0 bridgehead atoms. The molecule has 4 nitrogen and oxygen atoms in total. The first-order valence-electron chi connectivity index (χ1n) is 5.80. The van der Waals surface area contributed by atoms with E-state index < -0.39 is 0 Å². The molecule has 0 fully saturated rings. The van der Waals surface area contributed by atoms with Crippen LogP contribution in [-0.2, 0) is 0 Å². The second kappa shape index (κ2) is 6.34. The molecule has 5 heteroatoms. The quantitative estimate of drug-likeness (QED) is 0.687. The molecule has 0 unspecified atom stereocenters. The Morgan fingerprint density at radius 2 is 2.25 bits per heavy atom. The lowest BCUT2D eigenvalue weighted by molar-refractivity contribution is 0.104. The average molecular weight is 334 g/mol. The molecule has 0 amide bonds. The Labute approximate surface area is 124 Å². The number of nitrogens with zero attached hydrogens (tertiary/aromatic N) is 1. The summed E-state index contributed by atoms with van der Waals surface area (Å²) >= 11 is 3.36. The Morgan fingerprint density at radius 1 is 1.45 bits per heavy atom. The number of phenols is 1. The van der Waals surface area contributed by atoms with Crippen LogP contribution in [0.4, 0.5) is 0 Å². The third-order valence-electron chi connectivity index (χ3n) is 2.66. The van der Waals surface area contributed by atoms with E-state index in [0.717, 1.165) is 4.47 Å². The van der Waals surface area contributed by atoms with E-state index in [4.69, 9.17) is 4.74 Å². The molecule has 0 aliphatic carbocycles. The minimum Gasteiger partial charge on any atom is -0.504 e. The van der Waals surface area contributed by atoms with E-state index >= 15 is 0 Å². The van der Waals surface area contributed by atoms with Crippen molar-refractivity contribution in [2.75, 3.05) is 7.11 Å². The Balaban J connectivity index is 2.24. The van der Waals surface area contributed by atoms with Crippen molar-refractivity contribution in [3.63, 3.8) is 0 Å². The smallest absolute Gasteiger partial charge is 0.187 e. The van der Waals surface area contributed by atoms with Gasteiger partial charge >= 0.3 is 0 Å². The molecule has 1 N–H and O–H groups in total. The zero-order chi connectivity index (χ0) is 14.5. The van der Waals surface area contributed by atoms with Gasteiger partial charge in [0.25, 0.3) is 0 Å². The maximum absolute atomic E-state index is 11.9. The van der Waals surface area contributed by atoms with Gasteiger partial charge in [-0.3, -0.25) is 9.78 Å². The van der Waals surface area contributed by atoms with E-state index in [-0.39, 0.29) is 11.5 Å². The Morgan fingerprint density at radius 3 is 2.90 bits per heavy atom. The highest BCUT2D eigenvalue weighted by molar-refractivity contribution is 9.10. The molecule has 2 aromatic rings. The minimum atomic E-state index is -0.152. The molecule has 1 aromatic carbocycles. The summed E-state index contributed by atoms with van der Waals surface area (Å²) in [6.45, 7) is 0. The average Bonchev–Trinajstić information content (AvgIpc) is 2.48. The van der Waals surface area contributed by atoms with Crippen molar-refractivity contribution in [3.8, 4) is 11.5 Å². The lowest BCUT2D eigenvalue weighted by Crippen LogP contribution is -1.94. The summed E-state index contributed by atoms with van der Waals surface area (Å²) in [6.07, 6.45) is 6.17. The number of allylic oxidation sites excluding steroid dienone is 1. The summed E-state index contributed by atoms with van der Waals surface area (Å²) in [6, 6.07) is 6.57. The molecular weight excluding hydrogens is 322 g/mol. The van der Waals surface area contributed by atoms with Crippen molar-refractivity contribution < 1.29 is 14.6 Å². The highest BCUT2D eigenvalue weighted by Gasteiger charge is 2.07. The van der Waals surface area contributed by atoms with Gasteiger partial charge in [-0.15, -0.1) is 0 Å². The first-order valence-corrected chi connectivity index (χ1v) is 6.60. The summed E-state index contributed by atoms with van der Waals surface area (Å²) in [5.41, 5.74) is 1.19. The number of benzene rings is 1. The number of methoxy groups -OCH3 is 1. The van der Waals surface area contributed by atoms with E-state index in [1.54, 1.807) is 30.5 Å². The maximum Gasteiger partial charge on any atom is 0.187 e. The molecule has 0 aliphatic heterocycles. The van der Waals surface area contributed by atoms with Crippen molar-refractivity contribution in [3.05, 3.63) is 58.3 Å². The summed E-state index contributed by atoms with van der Waals surface area (Å²) in [7, 11) is 1.48. The summed E-state index contributed by atoms with van der Waals surface area (Å²) in [5, 5.41) is 9.72. The number of carbonyl (C=O) groups is 1. The van der Waals surface area contributed by atoms with Gasteiger partial charge < -0.3 is 9.84 Å². The number of ether oxygens (including phenoxy) is 1. The van der Waals surface area contributed by atoms with Gasteiger partial charge in [-0.2, -0.15) is 0 Å². The van der Waals surface area contributed by atoms with Crippen molar-refractivity contribution in [2.45, 2.75) is 0 Å². The third kappa shape index (κ3) is 3.24. The van der Waals surface area contributed by atoms with E-state index in [2.05, 4.69) is 20.9 Å². The number of pyridine rings is 1. The molecule has 2 rings (SSSR count). The van der Waals surface area contributed by atoms with E-state index in [1.807, 2.05) is 0 Å². The van der Waals surface area contributed by atoms with Crippen LogP contribution in [0.5, 0.6) is 11.5 Å². The van der Waals surface area contributed by atoms with Gasteiger partial charge in [0.1, 0.15) is 0 Å². The van der Waals surface area contributed by atoms with E-state index in [0.29, 0.717) is 16.9 Å². The molecule has 0 saturated carbocycles. The number of hydrogen-bond donors (Lipinski definition) is 1. The lowest BCUT2D eigenvalue weighted by Gasteiger charge is -2.06. The fourth-order valence-electron chi connectivity index (χ4n) is 1.62. The molecule has 0 saturated heterocycles. The van der Waals surface area contributed by atoms with Gasteiger partial charge in [-0.1, -0.05) is 15.9 Å². The second-order valence-corrected chi connectivity index (χ2v) is 4.84. The Kier molecular flexibility index (Phi) is 4.53. The third-order valence-corrected chi connectivity index (χ3v) is 3.35. The Bertz CT molecular complexity index is 654. The van der Waals surface area contributed by atoms with Gasteiger partial charge in [0.05, 0.1) is 7.11 Å². The predicted molar refractivity (Wildman–Crippen MR) is 80.0 cm³/mol. The van der Waals surface area contributed by atoms with Crippen LogP contribution in [-0.4, -0.2) is 23.0 Å². The van der Waals surface area contributed by atoms with Crippen LogP contribution in [0.2, 0.25) is 0 Å². The van der Waals surface area contributed by atoms with Crippen LogP contribution in [0.15, 0.2) is 47.2 Å². The molecule has 20 heavy (non-hydrogen) atoms. The molecule has 0 atom stereocenters.